The summed E-state index contributed by atoms with van der Waals surface area (Å²) >= 11 is 0. The van der Waals surface area contributed by atoms with Crippen molar-refractivity contribution in [3.05, 3.63) is 0 Å². The highest BCUT2D eigenvalue weighted by molar-refractivity contribution is 5.85. The molecule has 142 valence electrons. The minimum absolute atomic E-state index is 0. The summed E-state index contributed by atoms with van der Waals surface area (Å²) in [7, 11) is 2.07. The Kier molecular flexibility index (Phi) is 9.31. The summed E-state index contributed by atoms with van der Waals surface area (Å²) in [6.07, 6.45) is 9.53. The van der Waals surface area contributed by atoms with Crippen LogP contribution in [0.15, 0.2) is 0 Å². The average molecular weight is 382 g/mol. The predicted molar refractivity (Wildman–Crippen MR) is 101 cm³/mol. The van der Waals surface area contributed by atoms with Crippen molar-refractivity contribution in [1.82, 2.24) is 15.5 Å². The lowest BCUT2D eigenvalue weighted by molar-refractivity contribution is -0.123. The molecule has 2 N–H and O–H groups in total. The molecule has 0 aromatic rings. The first-order chi connectivity index (χ1) is 10.7. The van der Waals surface area contributed by atoms with E-state index in [0.29, 0.717) is 19.2 Å². The second-order valence-corrected chi connectivity index (χ2v) is 7.42. The summed E-state index contributed by atoms with van der Waals surface area (Å²) in [6, 6.07) is 0.753. The molecule has 0 bridgehead atoms. The number of ether oxygens (including phenoxy) is 1. The zero-order valence-corrected chi connectivity index (χ0v) is 16.4. The van der Waals surface area contributed by atoms with Gasteiger partial charge in [-0.1, -0.05) is 19.3 Å². The first-order valence-electron chi connectivity index (χ1n) is 9.01. The van der Waals surface area contributed by atoms with Gasteiger partial charge in [-0.05, 0) is 52.2 Å². The van der Waals surface area contributed by atoms with Crippen molar-refractivity contribution in [3.8, 4) is 0 Å². The van der Waals surface area contributed by atoms with E-state index in [4.69, 9.17) is 4.74 Å². The van der Waals surface area contributed by atoms with Crippen molar-refractivity contribution in [2.45, 2.75) is 69.1 Å². The number of rotatable bonds is 4. The fourth-order valence-electron chi connectivity index (χ4n) is 4.36. The zero-order chi connectivity index (χ0) is 15.4. The van der Waals surface area contributed by atoms with Gasteiger partial charge in [0.25, 0.3) is 0 Å². The molecule has 3 fully saturated rings. The summed E-state index contributed by atoms with van der Waals surface area (Å²) in [5.41, 5.74) is 0.0805. The van der Waals surface area contributed by atoms with Crippen LogP contribution < -0.4 is 10.6 Å². The molecular formula is C17H33Cl2N3O2. The SMILES string of the molecule is CN(CC(=O)NC1COC2(CCCCC2)C1)C1CCNCC1.Cl.Cl. The first-order valence-corrected chi connectivity index (χ1v) is 9.01. The standard InChI is InChI=1S/C17H31N3O2.2ClH/c1-20(15-5-9-18-10-6-15)12-16(21)19-14-11-17(22-13-14)7-3-2-4-8-17;;/h14-15,18H,2-13H2,1H3,(H,19,21);2*1H. The van der Waals surface area contributed by atoms with Gasteiger partial charge >= 0.3 is 0 Å². The molecule has 3 aliphatic rings. The van der Waals surface area contributed by atoms with E-state index in [0.717, 1.165) is 32.4 Å². The number of nitrogens with zero attached hydrogens (tertiary/aromatic N) is 1. The van der Waals surface area contributed by atoms with Gasteiger partial charge in [-0.25, -0.2) is 0 Å². The third kappa shape index (κ3) is 5.73. The lowest BCUT2D eigenvalue weighted by atomic mass is 9.82. The molecule has 1 amide bonds. The lowest BCUT2D eigenvalue weighted by Gasteiger charge is -2.32. The highest BCUT2D eigenvalue weighted by atomic mass is 35.5. The second kappa shape index (κ2) is 10.2. The molecule has 0 aromatic carbocycles. The summed E-state index contributed by atoms with van der Waals surface area (Å²) in [4.78, 5) is 14.5. The highest BCUT2D eigenvalue weighted by Crippen LogP contribution is 2.39. The quantitative estimate of drug-likeness (QED) is 0.782. The number of amides is 1. The summed E-state index contributed by atoms with van der Waals surface area (Å²) < 4.78 is 6.08. The Labute approximate surface area is 158 Å². The minimum Gasteiger partial charge on any atom is -0.373 e. The van der Waals surface area contributed by atoms with E-state index in [1.807, 2.05) is 0 Å². The van der Waals surface area contributed by atoms with E-state index in [1.165, 1.54) is 32.1 Å². The van der Waals surface area contributed by atoms with Crippen LogP contribution in [-0.2, 0) is 9.53 Å². The molecule has 2 heterocycles. The number of nitrogens with one attached hydrogen (secondary N) is 2. The van der Waals surface area contributed by atoms with E-state index in [2.05, 4.69) is 22.6 Å². The molecule has 3 rings (SSSR count). The van der Waals surface area contributed by atoms with Crippen molar-refractivity contribution in [3.63, 3.8) is 0 Å². The molecule has 5 nitrogen and oxygen atoms in total. The van der Waals surface area contributed by atoms with Gasteiger partial charge in [0.05, 0.1) is 24.8 Å². The molecule has 0 aromatic heterocycles. The highest BCUT2D eigenvalue weighted by Gasteiger charge is 2.41. The molecule has 0 radical (unpaired) electrons. The number of hydrogen-bond donors (Lipinski definition) is 2. The molecule has 1 aliphatic carbocycles. The van der Waals surface area contributed by atoms with Gasteiger partial charge in [0.15, 0.2) is 0 Å². The van der Waals surface area contributed by atoms with Gasteiger partial charge in [-0.2, -0.15) is 0 Å². The summed E-state index contributed by atoms with van der Waals surface area (Å²) in [6.45, 7) is 3.34. The van der Waals surface area contributed by atoms with E-state index in [-0.39, 0.29) is 42.4 Å². The van der Waals surface area contributed by atoms with Gasteiger partial charge in [0.2, 0.25) is 5.91 Å². The maximum atomic E-state index is 12.3. The third-order valence-electron chi connectivity index (χ3n) is 5.66. The van der Waals surface area contributed by atoms with Crippen LogP contribution in [0.4, 0.5) is 0 Å². The van der Waals surface area contributed by atoms with E-state index in [9.17, 15) is 4.79 Å². The lowest BCUT2D eigenvalue weighted by Crippen LogP contribution is -2.47. The maximum Gasteiger partial charge on any atom is 0.234 e. The third-order valence-corrected chi connectivity index (χ3v) is 5.66. The molecule has 1 saturated carbocycles. The maximum absolute atomic E-state index is 12.3. The van der Waals surface area contributed by atoms with Crippen LogP contribution in [0.3, 0.4) is 0 Å². The normalized spacial score (nSPS) is 26.7. The summed E-state index contributed by atoms with van der Waals surface area (Å²) in [5.74, 6) is 0.155. The average Bonchev–Trinajstić information content (AvgIpc) is 2.90. The van der Waals surface area contributed by atoms with E-state index in [1.54, 1.807) is 0 Å². The fourth-order valence-corrected chi connectivity index (χ4v) is 4.36. The van der Waals surface area contributed by atoms with Gasteiger partial charge < -0.3 is 15.4 Å². The van der Waals surface area contributed by atoms with Crippen LogP contribution in [0.1, 0.15) is 51.4 Å². The van der Waals surface area contributed by atoms with Crippen molar-refractivity contribution < 1.29 is 9.53 Å². The number of likely N-dealkylation sites (N-methyl/N-ethyl adjacent to an activating group) is 1. The Morgan fingerprint density at radius 1 is 1.21 bits per heavy atom. The number of carbonyl (C=O) groups is 1. The van der Waals surface area contributed by atoms with Crippen LogP contribution in [0.5, 0.6) is 0 Å². The van der Waals surface area contributed by atoms with E-state index >= 15 is 0 Å². The number of halogens is 2. The molecular weight excluding hydrogens is 349 g/mol. The van der Waals surface area contributed by atoms with Crippen molar-refractivity contribution in [1.29, 1.82) is 0 Å². The number of carbonyl (C=O) groups excluding carboxylic acids is 1. The van der Waals surface area contributed by atoms with Gasteiger partial charge in [0, 0.05) is 6.04 Å². The van der Waals surface area contributed by atoms with E-state index < -0.39 is 0 Å². The van der Waals surface area contributed by atoms with Crippen LogP contribution in [0.25, 0.3) is 0 Å². The molecule has 2 aliphatic heterocycles. The Balaban J connectivity index is 0.00000144. The van der Waals surface area contributed by atoms with Crippen molar-refractivity contribution in [2.75, 3.05) is 33.3 Å². The van der Waals surface area contributed by atoms with Crippen molar-refractivity contribution >= 4 is 30.7 Å². The van der Waals surface area contributed by atoms with Crippen LogP contribution in [-0.4, -0.2) is 61.8 Å². The Morgan fingerprint density at radius 2 is 1.88 bits per heavy atom. The van der Waals surface area contributed by atoms with Gasteiger partial charge in [-0.3, -0.25) is 9.69 Å². The van der Waals surface area contributed by atoms with Gasteiger partial charge in [-0.15, -0.1) is 24.8 Å². The zero-order valence-electron chi connectivity index (χ0n) is 14.7. The predicted octanol–water partition coefficient (Wildman–Crippen LogP) is 2.12. The number of hydrogen-bond acceptors (Lipinski definition) is 4. The van der Waals surface area contributed by atoms with Crippen LogP contribution >= 0.6 is 24.8 Å². The number of piperidine rings is 1. The molecule has 24 heavy (non-hydrogen) atoms. The van der Waals surface area contributed by atoms with Gasteiger partial charge in [0.1, 0.15) is 0 Å². The molecule has 7 heteroatoms. The fraction of sp³-hybridized carbons (Fsp3) is 0.941. The second-order valence-electron chi connectivity index (χ2n) is 7.42. The monoisotopic (exact) mass is 381 g/mol. The smallest absolute Gasteiger partial charge is 0.234 e. The first kappa shape index (κ1) is 22.0. The Morgan fingerprint density at radius 3 is 2.54 bits per heavy atom. The Hall–Kier alpha value is -0.0700. The molecule has 1 atom stereocenters. The largest absolute Gasteiger partial charge is 0.373 e. The minimum atomic E-state index is 0. The topological polar surface area (TPSA) is 53.6 Å². The molecule has 2 saturated heterocycles. The molecule has 1 unspecified atom stereocenters. The Bertz CT molecular complexity index is 386. The van der Waals surface area contributed by atoms with Crippen LogP contribution in [0, 0.1) is 0 Å². The van der Waals surface area contributed by atoms with Crippen LogP contribution in [0.2, 0.25) is 0 Å². The molecule has 1 spiro atoms. The summed E-state index contributed by atoms with van der Waals surface area (Å²) in [5, 5.41) is 6.57. The van der Waals surface area contributed by atoms with Crippen molar-refractivity contribution in [2.24, 2.45) is 0 Å².